The maximum absolute atomic E-state index is 13.0. The summed E-state index contributed by atoms with van der Waals surface area (Å²) in [5.74, 6) is 0.142. The molecule has 0 fully saturated rings. The van der Waals surface area contributed by atoms with E-state index in [0.29, 0.717) is 5.95 Å². The fourth-order valence-electron chi connectivity index (χ4n) is 2.12. The summed E-state index contributed by atoms with van der Waals surface area (Å²) < 4.78 is 14.8. The van der Waals surface area contributed by atoms with Crippen LogP contribution in [0.5, 0.6) is 0 Å². The smallest absolute Gasteiger partial charge is 0.205 e. The van der Waals surface area contributed by atoms with Gasteiger partial charge in [-0.15, -0.1) is 0 Å². The summed E-state index contributed by atoms with van der Waals surface area (Å²) in [5.41, 5.74) is 9.63. The third-order valence-electron chi connectivity index (χ3n) is 3.00. The van der Waals surface area contributed by atoms with Gasteiger partial charge in [0.2, 0.25) is 5.95 Å². The molecule has 3 rings (SSSR count). The third-order valence-corrected chi connectivity index (χ3v) is 3.00. The molecule has 0 saturated carbocycles. The maximum atomic E-state index is 13.0. The van der Waals surface area contributed by atoms with E-state index in [4.69, 9.17) is 5.73 Å². The Labute approximate surface area is 104 Å². The van der Waals surface area contributed by atoms with Gasteiger partial charge in [0.25, 0.3) is 0 Å². The highest BCUT2D eigenvalue weighted by Crippen LogP contribution is 2.25. The van der Waals surface area contributed by atoms with Crippen LogP contribution in [0.1, 0.15) is 5.56 Å². The lowest BCUT2D eigenvalue weighted by Gasteiger charge is -2.06. The van der Waals surface area contributed by atoms with E-state index >= 15 is 0 Å². The van der Waals surface area contributed by atoms with Gasteiger partial charge in [-0.05, 0) is 42.8 Å². The molecule has 0 amide bonds. The van der Waals surface area contributed by atoms with Crippen LogP contribution < -0.4 is 5.73 Å². The predicted octanol–water partition coefficient (Wildman–Crippen LogP) is 3.06. The molecular formula is C14H12FN3. The number of hydrogen-bond acceptors (Lipinski definition) is 2. The number of nitrogens with zero attached hydrogens (tertiary/aromatic N) is 2. The van der Waals surface area contributed by atoms with E-state index in [2.05, 4.69) is 4.98 Å². The monoisotopic (exact) mass is 241 g/mol. The van der Waals surface area contributed by atoms with Crippen molar-refractivity contribution < 1.29 is 4.39 Å². The first-order valence-corrected chi connectivity index (χ1v) is 5.66. The number of halogens is 1. The molecule has 18 heavy (non-hydrogen) atoms. The van der Waals surface area contributed by atoms with Crippen LogP contribution in [0.25, 0.3) is 16.7 Å². The maximum Gasteiger partial charge on any atom is 0.205 e. The highest BCUT2D eigenvalue weighted by molar-refractivity contribution is 5.83. The van der Waals surface area contributed by atoms with Gasteiger partial charge in [-0.3, -0.25) is 4.57 Å². The number of benzene rings is 2. The number of nitrogens with two attached hydrogens (primary N) is 1. The highest BCUT2D eigenvalue weighted by atomic mass is 19.1. The molecule has 0 spiro atoms. The van der Waals surface area contributed by atoms with Crippen molar-refractivity contribution >= 4 is 17.0 Å². The van der Waals surface area contributed by atoms with E-state index in [9.17, 15) is 4.39 Å². The van der Waals surface area contributed by atoms with Crippen molar-refractivity contribution in [2.75, 3.05) is 5.73 Å². The van der Waals surface area contributed by atoms with E-state index in [1.807, 2.05) is 29.7 Å². The number of hydrogen-bond donors (Lipinski definition) is 1. The Morgan fingerprint density at radius 1 is 1.11 bits per heavy atom. The summed E-state index contributed by atoms with van der Waals surface area (Å²) in [4.78, 5) is 4.36. The Balaban J connectivity index is 2.32. The number of nitrogen functional groups attached to an aromatic ring is 1. The number of aromatic nitrogens is 2. The lowest BCUT2D eigenvalue weighted by Crippen LogP contribution is -2.00. The average molecular weight is 241 g/mol. The van der Waals surface area contributed by atoms with E-state index in [0.717, 1.165) is 22.3 Å². The first-order valence-electron chi connectivity index (χ1n) is 5.66. The molecule has 4 heteroatoms. The fraction of sp³-hybridized carbons (Fsp3) is 0.0714. The van der Waals surface area contributed by atoms with Crippen LogP contribution in [0, 0.1) is 12.7 Å². The van der Waals surface area contributed by atoms with Gasteiger partial charge in [-0.2, -0.15) is 0 Å². The van der Waals surface area contributed by atoms with Gasteiger partial charge < -0.3 is 5.73 Å². The van der Waals surface area contributed by atoms with Crippen molar-refractivity contribution in [3.8, 4) is 5.69 Å². The molecule has 0 atom stereocenters. The molecule has 0 unspecified atom stereocenters. The number of imidazole rings is 1. The zero-order valence-corrected chi connectivity index (χ0v) is 9.89. The van der Waals surface area contributed by atoms with Gasteiger partial charge in [0.1, 0.15) is 5.82 Å². The lowest BCUT2D eigenvalue weighted by atomic mass is 10.2. The van der Waals surface area contributed by atoms with Crippen LogP contribution in [0.15, 0.2) is 42.5 Å². The molecule has 3 aromatic rings. The highest BCUT2D eigenvalue weighted by Gasteiger charge is 2.11. The van der Waals surface area contributed by atoms with Crippen molar-refractivity contribution in [1.82, 2.24) is 9.55 Å². The second-order valence-corrected chi connectivity index (χ2v) is 4.22. The minimum atomic E-state index is -0.266. The van der Waals surface area contributed by atoms with Gasteiger partial charge in [-0.25, -0.2) is 9.37 Å². The zero-order valence-electron chi connectivity index (χ0n) is 9.89. The Morgan fingerprint density at radius 3 is 2.56 bits per heavy atom. The van der Waals surface area contributed by atoms with Crippen LogP contribution in [0.4, 0.5) is 10.3 Å². The van der Waals surface area contributed by atoms with Crippen LogP contribution in [-0.4, -0.2) is 9.55 Å². The number of rotatable bonds is 1. The molecule has 0 radical (unpaired) electrons. The van der Waals surface area contributed by atoms with Crippen LogP contribution >= 0.6 is 0 Å². The second-order valence-electron chi connectivity index (χ2n) is 4.22. The van der Waals surface area contributed by atoms with E-state index < -0.39 is 0 Å². The average Bonchev–Trinajstić information content (AvgIpc) is 2.69. The van der Waals surface area contributed by atoms with Crippen molar-refractivity contribution in [1.29, 1.82) is 0 Å². The van der Waals surface area contributed by atoms with Crippen LogP contribution in [0.2, 0.25) is 0 Å². The van der Waals surface area contributed by atoms with Gasteiger partial charge in [-0.1, -0.05) is 12.1 Å². The molecule has 3 nitrogen and oxygen atoms in total. The lowest BCUT2D eigenvalue weighted by molar-refractivity contribution is 0.627. The van der Waals surface area contributed by atoms with Crippen molar-refractivity contribution in [3.05, 3.63) is 53.8 Å². The van der Waals surface area contributed by atoms with E-state index in [1.165, 1.54) is 12.1 Å². The summed E-state index contributed by atoms with van der Waals surface area (Å²) in [5, 5.41) is 0. The van der Waals surface area contributed by atoms with E-state index in [1.54, 1.807) is 12.1 Å². The Hall–Kier alpha value is -2.36. The van der Waals surface area contributed by atoms with Crippen LogP contribution in [-0.2, 0) is 0 Å². The molecule has 1 heterocycles. The van der Waals surface area contributed by atoms with Crippen molar-refractivity contribution in [3.63, 3.8) is 0 Å². The second kappa shape index (κ2) is 3.84. The molecule has 0 aliphatic carbocycles. The SMILES string of the molecule is Cc1cccc2c1nc(N)n2-c1ccc(F)cc1. The third kappa shape index (κ3) is 1.54. The van der Waals surface area contributed by atoms with Crippen molar-refractivity contribution in [2.24, 2.45) is 0 Å². The summed E-state index contributed by atoms with van der Waals surface area (Å²) in [6.07, 6.45) is 0. The molecule has 2 N–H and O–H groups in total. The number of aryl methyl sites for hydroxylation is 1. The molecule has 2 aromatic carbocycles. The van der Waals surface area contributed by atoms with Gasteiger partial charge in [0.05, 0.1) is 11.0 Å². The molecule has 90 valence electrons. The van der Waals surface area contributed by atoms with E-state index in [-0.39, 0.29) is 5.82 Å². The number of fused-ring (bicyclic) bond motifs is 1. The fourth-order valence-corrected chi connectivity index (χ4v) is 2.12. The molecular weight excluding hydrogens is 229 g/mol. The Bertz CT molecular complexity index is 714. The summed E-state index contributed by atoms with van der Waals surface area (Å²) in [6, 6.07) is 12.1. The number of para-hydroxylation sites is 1. The van der Waals surface area contributed by atoms with Crippen molar-refractivity contribution in [2.45, 2.75) is 6.92 Å². The normalized spacial score (nSPS) is 11.0. The standard InChI is InChI=1S/C14H12FN3/c1-9-3-2-4-12-13(9)17-14(16)18(12)11-7-5-10(15)6-8-11/h2-8H,1H3,(H2,16,17). The summed E-state index contributed by atoms with van der Waals surface area (Å²) >= 11 is 0. The Kier molecular flexibility index (Phi) is 2.30. The molecule has 1 aromatic heterocycles. The summed E-state index contributed by atoms with van der Waals surface area (Å²) in [7, 11) is 0. The van der Waals surface area contributed by atoms with Gasteiger partial charge >= 0.3 is 0 Å². The molecule has 0 aliphatic heterocycles. The van der Waals surface area contributed by atoms with Gasteiger partial charge in [0, 0.05) is 5.69 Å². The number of anilines is 1. The summed E-state index contributed by atoms with van der Waals surface area (Å²) in [6.45, 7) is 1.99. The Morgan fingerprint density at radius 2 is 1.83 bits per heavy atom. The zero-order chi connectivity index (χ0) is 12.7. The molecule has 0 saturated heterocycles. The quantitative estimate of drug-likeness (QED) is 0.711. The minimum Gasteiger partial charge on any atom is -0.369 e. The minimum absolute atomic E-state index is 0.266. The van der Waals surface area contributed by atoms with Gasteiger partial charge in [0.15, 0.2) is 0 Å². The van der Waals surface area contributed by atoms with Crippen LogP contribution in [0.3, 0.4) is 0 Å². The first-order chi connectivity index (χ1) is 8.66. The molecule has 0 bridgehead atoms. The predicted molar refractivity (Wildman–Crippen MR) is 70.2 cm³/mol. The first kappa shape index (κ1) is 10.8. The molecule has 0 aliphatic rings. The largest absolute Gasteiger partial charge is 0.369 e. The topological polar surface area (TPSA) is 43.8 Å².